The van der Waals surface area contributed by atoms with Gasteiger partial charge in [-0.25, -0.2) is 4.98 Å². The lowest BCUT2D eigenvalue weighted by Crippen LogP contribution is -2.40. The number of hydrogen-bond donors (Lipinski definition) is 2. The molecule has 0 bridgehead atoms. The Labute approximate surface area is 112 Å². The molecule has 2 unspecified atom stereocenters. The number of nitrogens with one attached hydrogen (secondary N) is 2. The molecule has 2 N–H and O–H groups in total. The van der Waals surface area contributed by atoms with E-state index in [2.05, 4.69) is 22.5 Å². The first-order chi connectivity index (χ1) is 8.56. The molecule has 2 rings (SSSR count). The number of pyridine rings is 1. The molecule has 1 fully saturated rings. The molecule has 0 saturated carbocycles. The smallest absolute Gasteiger partial charge is 0.227 e. The highest BCUT2D eigenvalue weighted by Gasteiger charge is 2.24. The molecule has 5 heteroatoms. The summed E-state index contributed by atoms with van der Waals surface area (Å²) in [7, 11) is 0. The average molecular weight is 268 g/mol. The first kappa shape index (κ1) is 13.3. The fourth-order valence-electron chi connectivity index (χ4n) is 2.27. The van der Waals surface area contributed by atoms with Crippen molar-refractivity contribution in [2.75, 3.05) is 11.9 Å². The number of halogens is 1. The Kier molecular flexibility index (Phi) is 4.19. The summed E-state index contributed by atoms with van der Waals surface area (Å²) in [5, 5.41) is 6.72. The van der Waals surface area contributed by atoms with Crippen molar-refractivity contribution in [1.29, 1.82) is 0 Å². The highest BCUT2D eigenvalue weighted by molar-refractivity contribution is 6.29. The molecule has 0 aromatic carbocycles. The Morgan fingerprint density at radius 2 is 2.33 bits per heavy atom. The van der Waals surface area contributed by atoms with E-state index in [-0.39, 0.29) is 11.8 Å². The zero-order valence-corrected chi connectivity index (χ0v) is 11.4. The molecule has 18 heavy (non-hydrogen) atoms. The lowest BCUT2D eigenvalue weighted by molar-refractivity contribution is -0.120. The Bertz CT molecular complexity index is 450. The van der Waals surface area contributed by atoms with Gasteiger partial charge in [0.05, 0.1) is 11.4 Å². The van der Waals surface area contributed by atoms with Gasteiger partial charge in [-0.1, -0.05) is 11.6 Å². The van der Waals surface area contributed by atoms with Crippen LogP contribution in [-0.2, 0) is 4.79 Å². The number of amides is 1. The summed E-state index contributed by atoms with van der Waals surface area (Å²) >= 11 is 5.79. The molecule has 0 aliphatic carbocycles. The summed E-state index contributed by atoms with van der Waals surface area (Å²) in [6, 6.07) is 3.89. The number of aromatic nitrogens is 1. The first-order valence-electron chi connectivity index (χ1n) is 6.23. The van der Waals surface area contributed by atoms with Crippen LogP contribution >= 0.6 is 11.6 Å². The lowest BCUT2D eigenvalue weighted by atomic mass is 9.92. The number of rotatable bonds is 2. The van der Waals surface area contributed by atoms with Crippen LogP contribution in [-0.4, -0.2) is 23.5 Å². The summed E-state index contributed by atoms with van der Waals surface area (Å²) < 4.78 is 0. The second-order valence-electron chi connectivity index (χ2n) is 4.83. The Morgan fingerprint density at radius 3 is 3.00 bits per heavy atom. The molecule has 98 valence electrons. The van der Waals surface area contributed by atoms with E-state index in [1.54, 1.807) is 12.1 Å². The molecule has 2 atom stereocenters. The molecular formula is C13H18ClN3O. The SMILES string of the molecule is Cc1nc(Cl)ccc1NC(=O)C1CCNC(C)C1. The summed E-state index contributed by atoms with van der Waals surface area (Å²) in [4.78, 5) is 16.3. The topological polar surface area (TPSA) is 54.0 Å². The number of nitrogens with zero attached hydrogens (tertiary/aromatic N) is 1. The van der Waals surface area contributed by atoms with Crippen molar-refractivity contribution in [1.82, 2.24) is 10.3 Å². The van der Waals surface area contributed by atoms with Crippen LogP contribution in [0.2, 0.25) is 5.15 Å². The number of carbonyl (C=O) groups excluding carboxylic acids is 1. The third kappa shape index (κ3) is 3.21. The lowest BCUT2D eigenvalue weighted by Gasteiger charge is -2.27. The molecule has 1 aliphatic heterocycles. The van der Waals surface area contributed by atoms with Gasteiger partial charge in [-0.3, -0.25) is 4.79 Å². The fraction of sp³-hybridized carbons (Fsp3) is 0.538. The third-order valence-corrected chi connectivity index (χ3v) is 3.51. The zero-order chi connectivity index (χ0) is 13.1. The average Bonchev–Trinajstić information content (AvgIpc) is 2.32. The van der Waals surface area contributed by atoms with E-state index >= 15 is 0 Å². The third-order valence-electron chi connectivity index (χ3n) is 3.30. The maximum atomic E-state index is 12.2. The van der Waals surface area contributed by atoms with Gasteiger partial charge < -0.3 is 10.6 Å². The standard InChI is InChI=1S/C13H18ClN3O/c1-8-7-10(5-6-15-8)13(18)17-11-3-4-12(14)16-9(11)2/h3-4,8,10,15H,5-7H2,1-2H3,(H,17,18). The largest absolute Gasteiger partial charge is 0.324 e. The first-order valence-corrected chi connectivity index (χ1v) is 6.61. The molecule has 1 aromatic rings. The van der Waals surface area contributed by atoms with Gasteiger partial charge in [-0.15, -0.1) is 0 Å². The second-order valence-corrected chi connectivity index (χ2v) is 5.22. The van der Waals surface area contributed by atoms with Crippen molar-refractivity contribution < 1.29 is 4.79 Å². The van der Waals surface area contributed by atoms with Crippen LogP contribution in [0.15, 0.2) is 12.1 Å². The summed E-state index contributed by atoms with van der Waals surface area (Å²) in [5.74, 6) is 0.159. The minimum Gasteiger partial charge on any atom is -0.324 e. The van der Waals surface area contributed by atoms with Gasteiger partial charge >= 0.3 is 0 Å². The van der Waals surface area contributed by atoms with Crippen molar-refractivity contribution in [2.45, 2.75) is 32.7 Å². The molecule has 1 aliphatic rings. The van der Waals surface area contributed by atoms with Crippen molar-refractivity contribution in [3.05, 3.63) is 23.0 Å². The van der Waals surface area contributed by atoms with Gasteiger partial charge in [0.2, 0.25) is 5.91 Å². The van der Waals surface area contributed by atoms with E-state index in [1.807, 2.05) is 6.92 Å². The van der Waals surface area contributed by atoms with Crippen LogP contribution in [0.4, 0.5) is 5.69 Å². The van der Waals surface area contributed by atoms with E-state index in [0.29, 0.717) is 11.2 Å². The van der Waals surface area contributed by atoms with Crippen LogP contribution in [0.5, 0.6) is 0 Å². The van der Waals surface area contributed by atoms with Crippen molar-refractivity contribution in [2.24, 2.45) is 5.92 Å². The quantitative estimate of drug-likeness (QED) is 0.809. The molecule has 4 nitrogen and oxygen atoms in total. The Balaban J connectivity index is 2.02. The molecule has 1 amide bonds. The highest BCUT2D eigenvalue weighted by Crippen LogP contribution is 2.20. The van der Waals surface area contributed by atoms with Gasteiger partial charge in [0.1, 0.15) is 5.15 Å². The maximum absolute atomic E-state index is 12.2. The van der Waals surface area contributed by atoms with Crippen LogP contribution in [0, 0.1) is 12.8 Å². The number of piperidine rings is 1. The Morgan fingerprint density at radius 1 is 1.56 bits per heavy atom. The number of anilines is 1. The molecular weight excluding hydrogens is 250 g/mol. The monoisotopic (exact) mass is 267 g/mol. The van der Waals surface area contributed by atoms with Gasteiger partial charge in [0.25, 0.3) is 0 Å². The van der Waals surface area contributed by atoms with E-state index in [9.17, 15) is 4.79 Å². The Hall–Kier alpha value is -1.13. The summed E-state index contributed by atoms with van der Waals surface area (Å²) in [6.07, 6.45) is 1.77. The number of hydrogen-bond acceptors (Lipinski definition) is 3. The number of carbonyl (C=O) groups is 1. The van der Waals surface area contributed by atoms with E-state index in [4.69, 9.17) is 11.6 Å². The molecule has 1 saturated heterocycles. The van der Waals surface area contributed by atoms with Crippen LogP contribution in [0.3, 0.4) is 0 Å². The van der Waals surface area contributed by atoms with Gasteiger partial charge in [0, 0.05) is 12.0 Å². The summed E-state index contributed by atoms with van der Waals surface area (Å²) in [6.45, 7) is 4.85. The van der Waals surface area contributed by atoms with Crippen molar-refractivity contribution >= 4 is 23.2 Å². The summed E-state index contributed by atoms with van der Waals surface area (Å²) in [5.41, 5.74) is 1.49. The normalized spacial score (nSPS) is 23.7. The molecule has 2 heterocycles. The second kappa shape index (κ2) is 5.67. The predicted octanol–water partition coefficient (Wildman–Crippen LogP) is 2.37. The minimum atomic E-state index is 0.0792. The molecule has 0 spiro atoms. The van der Waals surface area contributed by atoms with Gasteiger partial charge in [-0.05, 0) is 45.4 Å². The van der Waals surface area contributed by atoms with Gasteiger partial charge in [-0.2, -0.15) is 0 Å². The van der Waals surface area contributed by atoms with E-state index in [1.165, 1.54) is 0 Å². The zero-order valence-electron chi connectivity index (χ0n) is 10.7. The van der Waals surface area contributed by atoms with Crippen LogP contribution in [0.1, 0.15) is 25.5 Å². The fourth-order valence-corrected chi connectivity index (χ4v) is 2.46. The van der Waals surface area contributed by atoms with Crippen LogP contribution < -0.4 is 10.6 Å². The van der Waals surface area contributed by atoms with E-state index < -0.39 is 0 Å². The number of aryl methyl sites for hydroxylation is 1. The van der Waals surface area contributed by atoms with E-state index in [0.717, 1.165) is 30.8 Å². The van der Waals surface area contributed by atoms with Crippen LogP contribution in [0.25, 0.3) is 0 Å². The van der Waals surface area contributed by atoms with Crippen molar-refractivity contribution in [3.8, 4) is 0 Å². The molecule has 0 radical (unpaired) electrons. The van der Waals surface area contributed by atoms with Gasteiger partial charge in [0.15, 0.2) is 0 Å². The predicted molar refractivity (Wildman–Crippen MR) is 72.8 cm³/mol. The minimum absolute atomic E-state index is 0.0792. The molecule has 1 aromatic heterocycles. The highest BCUT2D eigenvalue weighted by atomic mass is 35.5. The van der Waals surface area contributed by atoms with Crippen molar-refractivity contribution in [3.63, 3.8) is 0 Å². The maximum Gasteiger partial charge on any atom is 0.227 e.